The van der Waals surface area contributed by atoms with Gasteiger partial charge in [-0.1, -0.05) is 35.9 Å². The number of fused-ring (bicyclic) bond motifs is 2. The Bertz CT molecular complexity index is 932. The highest BCUT2D eigenvalue weighted by atomic mass is 35.5. The van der Waals surface area contributed by atoms with Gasteiger partial charge < -0.3 is 4.98 Å². The molecule has 0 saturated carbocycles. The van der Waals surface area contributed by atoms with Gasteiger partial charge in [-0.25, -0.2) is 0 Å². The Morgan fingerprint density at radius 1 is 1.13 bits per heavy atom. The summed E-state index contributed by atoms with van der Waals surface area (Å²) in [6, 6.07) is 15.6. The number of pyridine rings is 1. The van der Waals surface area contributed by atoms with Crippen LogP contribution in [0.25, 0.3) is 10.9 Å². The molecule has 3 nitrogen and oxygen atoms in total. The van der Waals surface area contributed by atoms with E-state index in [0.717, 1.165) is 46.7 Å². The molecule has 0 saturated heterocycles. The Hall–Kier alpha value is -2.10. The third kappa shape index (κ3) is 2.78. The number of nitrogens with zero attached hydrogens (tertiary/aromatic N) is 1. The number of nitrogens with one attached hydrogen (secondary N) is 1. The molecule has 2 aromatic carbocycles. The highest BCUT2D eigenvalue weighted by Gasteiger charge is 2.20. The fourth-order valence-corrected chi connectivity index (χ4v) is 3.52. The fourth-order valence-electron chi connectivity index (χ4n) is 3.31. The summed E-state index contributed by atoms with van der Waals surface area (Å²) in [5.74, 6) is 0. The lowest BCUT2D eigenvalue weighted by Gasteiger charge is -2.28. The number of benzene rings is 2. The van der Waals surface area contributed by atoms with E-state index >= 15 is 0 Å². The lowest BCUT2D eigenvalue weighted by molar-refractivity contribution is 0.243. The average molecular weight is 325 g/mol. The maximum Gasteiger partial charge on any atom is 0.194 e. The maximum absolute atomic E-state index is 12.8. The second-order valence-electron chi connectivity index (χ2n) is 6.05. The number of hydrogen-bond donors (Lipinski definition) is 1. The van der Waals surface area contributed by atoms with Gasteiger partial charge in [0.05, 0.1) is 0 Å². The maximum atomic E-state index is 12.8. The van der Waals surface area contributed by atoms with Crippen molar-refractivity contribution in [1.82, 2.24) is 9.88 Å². The minimum Gasteiger partial charge on any atom is -0.358 e. The highest BCUT2D eigenvalue weighted by Crippen LogP contribution is 2.20. The molecule has 1 aliphatic rings. The standard InChI is InChI=1S/C19H17ClN2O/c20-14-5-3-4-13(10-14)11-22-9-8-18-16(12-22)19(23)15-6-1-2-7-17(15)21-18/h1-7,10H,8-9,11-12H2,(H,21,23). The summed E-state index contributed by atoms with van der Waals surface area (Å²) >= 11 is 6.06. The van der Waals surface area contributed by atoms with E-state index < -0.39 is 0 Å². The molecule has 0 spiro atoms. The second kappa shape index (κ2) is 5.84. The van der Waals surface area contributed by atoms with Gasteiger partial charge >= 0.3 is 0 Å². The van der Waals surface area contributed by atoms with Crippen molar-refractivity contribution in [3.05, 3.63) is 80.6 Å². The summed E-state index contributed by atoms with van der Waals surface area (Å²) in [7, 11) is 0. The molecule has 4 rings (SSSR count). The van der Waals surface area contributed by atoms with Crippen LogP contribution < -0.4 is 5.43 Å². The van der Waals surface area contributed by atoms with Crippen LogP contribution in [-0.4, -0.2) is 16.4 Å². The van der Waals surface area contributed by atoms with Crippen LogP contribution in [-0.2, 0) is 19.5 Å². The predicted octanol–water partition coefficient (Wildman–Crippen LogP) is 3.74. The first-order chi connectivity index (χ1) is 11.2. The van der Waals surface area contributed by atoms with Crippen molar-refractivity contribution in [3.63, 3.8) is 0 Å². The van der Waals surface area contributed by atoms with Crippen LogP contribution in [0, 0.1) is 0 Å². The van der Waals surface area contributed by atoms with Gasteiger partial charge in [0.25, 0.3) is 0 Å². The third-order valence-electron chi connectivity index (χ3n) is 4.45. The monoisotopic (exact) mass is 324 g/mol. The van der Waals surface area contributed by atoms with Crippen LogP contribution in [0.2, 0.25) is 5.02 Å². The molecule has 0 unspecified atom stereocenters. The molecule has 1 aromatic heterocycles. The Balaban J connectivity index is 1.66. The number of aromatic amines is 1. The lowest BCUT2D eigenvalue weighted by Crippen LogP contribution is -2.34. The molecule has 0 radical (unpaired) electrons. The van der Waals surface area contributed by atoms with Crippen LogP contribution in [0.3, 0.4) is 0 Å². The summed E-state index contributed by atoms with van der Waals surface area (Å²) in [5.41, 5.74) is 4.25. The molecule has 0 bridgehead atoms. The van der Waals surface area contributed by atoms with Crippen molar-refractivity contribution in [1.29, 1.82) is 0 Å². The normalized spacial score (nSPS) is 14.8. The predicted molar refractivity (Wildman–Crippen MR) is 93.8 cm³/mol. The molecule has 0 atom stereocenters. The van der Waals surface area contributed by atoms with Crippen molar-refractivity contribution in [2.45, 2.75) is 19.5 Å². The molecule has 4 heteroatoms. The van der Waals surface area contributed by atoms with Gasteiger partial charge in [0.15, 0.2) is 5.43 Å². The van der Waals surface area contributed by atoms with E-state index in [-0.39, 0.29) is 5.43 Å². The van der Waals surface area contributed by atoms with E-state index in [2.05, 4.69) is 16.0 Å². The molecule has 1 aliphatic heterocycles. The average Bonchev–Trinajstić information content (AvgIpc) is 2.56. The first-order valence-corrected chi connectivity index (χ1v) is 8.18. The van der Waals surface area contributed by atoms with Crippen molar-refractivity contribution >= 4 is 22.5 Å². The van der Waals surface area contributed by atoms with E-state index in [0.29, 0.717) is 6.54 Å². The Kier molecular flexibility index (Phi) is 3.68. The lowest BCUT2D eigenvalue weighted by atomic mass is 10.0. The molecule has 23 heavy (non-hydrogen) atoms. The number of halogens is 1. The quantitative estimate of drug-likeness (QED) is 0.779. The Morgan fingerprint density at radius 2 is 2.00 bits per heavy atom. The SMILES string of the molecule is O=c1c2c([nH]c3ccccc13)CCN(Cc1cccc(Cl)c1)C2. The van der Waals surface area contributed by atoms with Crippen molar-refractivity contribution < 1.29 is 0 Å². The number of aromatic nitrogens is 1. The first kappa shape index (κ1) is 14.5. The summed E-state index contributed by atoms with van der Waals surface area (Å²) in [4.78, 5) is 18.5. The van der Waals surface area contributed by atoms with E-state index in [9.17, 15) is 4.79 Å². The van der Waals surface area contributed by atoms with Gasteiger partial charge in [0.2, 0.25) is 0 Å². The van der Waals surface area contributed by atoms with Crippen molar-refractivity contribution in [3.8, 4) is 0 Å². The molecule has 0 aliphatic carbocycles. The van der Waals surface area contributed by atoms with Crippen LogP contribution in [0.5, 0.6) is 0 Å². The van der Waals surface area contributed by atoms with Crippen molar-refractivity contribution in [2.75, 3.05) is 6.54 Å². The van der Waals surface area contributed by atoms with E-state index in [4.69, 9.17) is 11.6 Å². The van der Waals surface area contributed by atoms with Gasteiger partial charge in [0.1, 0.15) is 0 Å². The molecule has 1 N–H and O–H groups in total. The van der Waals surface area contributed by atoms with Gasteiger partial charge in [-0.05, 0) is 29.8 Å². The molecule has 116 valence electrons. The molecule has 0 fully saturated rings. The van der Waals surface area contributed by atoms with Crippen LogP contribution in [0.15, 0.2) is 53.3 Å². The Morgan fingerprint density at radius 3 is 2.87 bits per heavy atom. The Labute approximate surface area is 139 Å². The van der Waals surface area contributed by atoms with Crippen LogP contribution in [0.4, 0.5) is 0 Å². The van der Waals surface area contributed by atoms with E-state index in [1.807, 2.05) is 42.5 Å². The summed E-state index contributed by atoms with van der Waals surface area (Å²) in [6.45, 7) is 2.43. The first-order valence-electron chi connectivity index (χ1n) is 7.80. The van der Waals surface area contributed by atoms with Gasteiger partial charge in [-0.3, -0.25) is 9.69 Å². The minimum atomic E-state index is 0.158. The third-order valence-corrected chi connectivity index (χ3v) is 4.69. The molecule has 0 amide bonds. The van der Waals surface area contributed by atoms with Crippen LogP contribution in [0.1, 0.15) is 16.8 Å². The minimum absolute atomic E-state index is 0.158. The summed E-state index contributed by atoms with van der Waals surface area (Å²) in [5, 5.41) is 1.53. The molecular formula is C19H17ClN2O. The topological polar surface area (TPSA) is 36.1 Å². The number of hydrogen-bond acceptors (Lipinski definition) is 2. The van der Waals surface area contributed by atoms with Gasteiger partial charge in [-0.2, -0.15) is 0 Å². The van der Waals surface area contributed by atoms with Crippen LogP contribution >= 0.6 is 11.6 Å². The summed E-state index contributed by atoms with van der Waals surface area (Å²) in [6.07, 6.45) is 0.871. The molecular weight excluding hydrogens is 308 g/mol. The van der Waals surface area contributed by atoms with E-state index in [1.165, 1.54) is 5.56 Å². The summed E-state index contributed by atoms with van der Waals surface area (Å²) < 4.78 is 0. The zero-order chi connectivity index (χ0) is 15.8. The van der Waals surface area contributed by atoms with Gasteiger partial charge in [0, 0.05) is 53.2 Å². The molecule has 3 aromatic rings. The second-order valence-corrected chi connectivity index (χ2v) is 6.48. The fraction of sp³-hybridized carbons (Fsp3) is 0.211. The zero-order valence-electron chi connectivity index (χ0n) is 12.7. The highest BCUT2D eigenvalue weighted by molar-refractivity contribution is 6.30. The zero-order valence-corrected chi connectivity index (χ0v) is 13.4. The number of rotatable bonds is 2. The smallest absolute Gasteiger partial charge is 0.194 e. The van der Waals surface area contributed by atoms with Crippen molar-refractivity contribution in [2.24, 2.45) is 0 Å². The number of H-pyrrole nitrogens is 1. The number of para-hydroxylation sites is 1. The molecule has 2 heterocycles. The van der Waals surface area contributed by atoms with Gasteiger partial charge in [-0.15, -0.1) is 0 Å². The largest absolute Gasteiger partial charge is 0.358 e. The van der Waals surface area contributed by atoms with E-state index in [1.54, 1.807) is 0 Å².